The molecule has 0 radical (unpaired) electrons. The predicted octanol–water partition coefficient (Wildman–Crippen LogP) is 3.50. The van der Waals surface area contributed by atoms with Gasteiger partial charge in [-0.15, -0.1) is 0 Å². The Morgan fingerprint density at radius 2 is 1.70 bits per heavy atom. The summed E-state index contributed by atoms with van der Waals surface area (Å²) < 4.78 is 31.7. The average Bonchev–Trinajstić information content (AvgIpc) is 2.92. The van der Waals surface area contributed by atoms with E-state index in [1.54, 1.807) is 11.0 Å². The van der Waals surface area contributed by atoms with Gasteiger partial charge in [0.05, 0.1) is 11.2 Å². The molecule has 9 heteroatoms. The van der Waals surface area contributed by atoms with E-state index < -0.39 is 35.8 Å². The number of hydrogen-bond donors (Lipinski definition) is 1. The summed E-state index contributed by atoms with van der Waals surface area (Å²) in [6, 6.07) is 4.27. The minimum atomic E-state index is -0.734. The average molecular weight is 462 g/mol. The topological polar surface area (TPSA) is 77.1 Å². The van der Waals surface area contributed by atoms with Crippen LogP contribution in [0.2, 0.25) is 0 Å². The zero-order chi connectivity index (χ0) is 24.6. The smallest absolute Gasteiger partial charge is 0.444 e. The highest BCUT2D eigenvalue weighted by molar-refractivity contribution is 6.62. The van der Waals surface area contributed by atoms with Crippen LogP contribution in [-0.4, -0.2) is 60.5 Å². The van der Waals surface area contributed by atoms with Gasteiger partial charge in [-0.25, -0.2) is 9.18 Å². The number of halogens is 1. The number of amides is 2. The number of alkyl carbamates (subject to hydrolysis) is 1. The summed E-state index contributed by atoms with van der Waals surface area (Å²) in [5.74, 6) is -0.456. The van der Waals surface area contributed by atoms with Gasteiger partial charge in [-0.1, -0.05) is 0 Å². The zero-order valence-corrected chi connectivity index (χ0v) is 20.8. The summed E-state index contributed by atoms with van der Waals surface area (Å²) in [5.41, 5.74) is -0.866. The first-order valence-electron chi connectivity index (χ1n) is 11.6. The van der Waals surface area contributed by atoms with Crippen LogP contribution in [0.4, 0.5) is 9.18 Å². The fraction of sp³-hybridized carbons (Fsp3) is 0.667. The van der Waals surface area contributed by atoms with Gasteiger partial charge in [0.15, 0.2) is 0 Å². The summed E-state index contributed by atoms with van der Waals surface area (Å²) in [6.45, 7) is 14.8. The third-order valence-corrected chi connectivity index (χ3v) is 6.53. The number of carbonyl (C=O) groups excluding carboxylic acids is 2. The molecule has 0 spiro atoms. The van der Waals surface area contributed by atoms with E-state index in [9.17, 15) is 14.0 Å². The third-order valence-electron chi connectivity index (χ3n) is 6.53. The van der Waals surface area contributed by atoms with E-state index in [1.165, 1.54) is 12.1 Å². The predicted molar refractivity (Wildman–Crippen MR) is 125 cm³/mol. The summed E-state index contributed by atoms with van der Waals surface area (Å²) in [5, 5.41) is 2.80. The molecular weight excluding hydrogens is 426 g/mol. The Morgan fingerprint density at radius 1 is 1.12 bits per heavy atom. The molecule has 0 atom stereocenters. The fourth-order valence-electron chi connectivity index (χ4n) is 3.92. The van der Waals surface area contributed by atoms with Gasteiger partial charge in [0.1, 0.15) is 11.4 Å². The van der Waals surface area contributed by atoms with E-state index in [-0.39, 0.29) is 17.4 Å². The Labute approximate surface area is 196 Å². The van der Waals surface area contributed by atoms with Gasteiger partial charge in [-0.05, 0) is 90.9 Å². The second-order valence-electron chi connectivity index (χ2n) is 11.0. The first kappa shape index (κ1) is 25.5. The lowest BCUT2D eigenvalue weighted by Crippen LogP contribution is -2.43. The molecule has 1 aromatic carbocycles. The van der Waals surface area contributed by atoms with E-state index in [1.807, 2.05) is 48.5 Å². The molecule has 0 aliphatic carbocycles. The van der Waals surface area contributed by atoms with Gasteiger partial charge in [-0.2, -0.15) is 0 Å². The van der Waals surface area contributed by atoms with Crippen molar-refractivity contribution in [3.05, 3.63) is 29.6 Å². The number of carbonyl (C=O) groups is 2. The molecular formula is C24H36BFN2O5. The summed E-state index contributed by atoms with van der Waals surface area (Å²) in [6.07, 6.45) is 1.07. The number of likely N-dealkylation sites (tertiary alicyclic amines) is 1. The highest BCUT2D eigenvalue weighted by Crippen LogP contribution is 2.36. The second kappa shape index (κ2) is 9.26. The van der Waals surface area contributed by atoms with Crippen molar-refractivity contribution in [3.63, 3.8) is 0 Å². The Balaban J connectivity index is 1.59. The van der Waals surface area contributed by atoms with Crippen LogP contribution in [0.1, 0.15) is 71.7 Å². The molecule has 33 heavy (non-hydrogen) atoms. The van der Waals surface area contributed by atoms with Crippen LogP contribution in [0.25, 0.3) is 0 Å². The highest BCUT2D eigenvalue weighted by Gasteiger charge is 2.52. The highest BCUT2D eigenvalue weighted by atomic mass is 19.1. The van der Waals surface area contributed by atoms with Crippen molar-refractivity contribution in [2.75, 3.05) is 19.6 Å². The zero-order valence-electron chi connectivity index (χ0n) is 20.8. The summed E-state index contributed by atoms with van der Waals surface area (Å²) in [7, 11) is -0.734. The van der Waals surface area contributed by atoms with Crippen molar-refractivity contribution >= 4 is 24.6 Å². The van der Waals surface area contributed by atoms with Crippen molar-refractivity contribution in [3.8, 4) is 0 Å². The van der Waals surface area contributed by atoms with Gasteiger partial charge < -0.3 is 24.3 Å². The number of rotatable bonds is 4. The first-order chi connectivity index (χ1) is 15.2. The lowest BCUT2D eigenvalue weighted by atomic mass is 9.78. The van der Waals surface area contributed by atoms with E-state index in [2.05, 4.69) is 5.32 Å². The maximum Gasteiger partial charge on any atom is 0.494 e. The lowest BCUT2D eigenvalue weighted by Gasteiger charge is -2.32. The van der Waals surface area contributed by atoms with Crippen molar-refractivity contribution in [2.24, 2.45) is 5.92 Å². The molecule has 2 heterocycles. The molecule has 1 N–H and O–H groups in total. The molecule has 2 amide bonds. The summed E-state index contributed by atoms with van der Waals surface area (Å²) in [4.78, 5) is 26.7. The van der Waals surface area contributed by atoms with Crippen LogP contribution in [0.15, 0.2) is 18.2 Å². The van der Waals surface area contributed by atoms with Crippen molar-refractivity contribution < 1.29 is 28.0 Å². The van der Waals surface area contributed by atoms with E-state index in [0.29, 0.717) is 25.1 Å². The molecule has 2 fully saturated rings. The number of benzene rings is 1. The number of nitrogens with zero attached hydrogens (tertiary/aromatic N) is 1. The van der Waals surface area contributed by atoms with Gasteiger partial charge in [0, 0.05) is 25.2 Å². The van der Waals surface area contributed by atoms with Crippen LogP contribution in [0.3, 0.4) is 0 Å². The molecule has 0 unspecified atom stereocenters. The molecule has 7 nitrogen and oxygen atoms in total. The van der Waals surface area contributed by atoms with E-state index in [0.717, 1.165) is 12.8 Å². The molecule has 0 aromatic heterocycles. The van der Waals surface area contributed by atoms with Gasteiger partial charge in [0.25, 0.3) is 5.91 Å². The first-order valence-corrected chi connectivity index (χ1v) is 11.6. The minimum Gasteiger partial charge on any atom is -0.444 e. The van der Waals surface area contributed by atoms with Gasteiger partial charge in [-0.3, -0.25) is 4.79 Å². The van der Waals surface area contributed by atoms with Crippen LogP contribution in [0.5, 0.6) is 0 Å². The molecule has 1 aromatic rings. The van der Waals surface area contributed by atoms with Crippen molar-refractivity contribution in [1.82, 2.24) is 10.2 Å². The second-order valence-corrected chi connectivity index (χ2v) is 11.0. The van der Waals surface area contributed by atoms with E-state index in [4.69, 9.17) is 14.0 Å². The molecule has 0 saturated carbocycles. The van der Waals surface area contributed by atoms with Gasteiger partial charge in [0.2, 0.25) is 0 Å². The fourth-order valence-corrected chi connectivity index (χ4v) is 3.92. The SMILES string of the molecule is CC(C)(C)OC(=O)NCC1CCN(C(=O)c2cc(F)cc(B3OC(C)(C)C(C)(C)O3)c2)CC1. The normalized spacial score (nSPS) is 20.6. The molecule has 2 aliphatic heterocycles. The maximum atomic E-state index is 14.4. The van der Waals surface area contributed by atoms with Crippen molar-refractivity contribution in [2.45, 2.75) is 78.1 Å². The molecule has 2 saturated heterocycles. The maximum absolute atomic E-state index is 14.4. The summed E-state index contributed by atoms with van der Waals surface area (Å²) >= 11 is 0. The van der Waals surface area contributed by atoms with Crippen LogP contribution in [0, 0.1) is 11.7 Å². The minimum absolute atomic E-state index is 0.217. The third kappa shape index (κ3) is 6.26. The number of nitrogens with one attached hydrogen (secondary N) is 1. The Kier molecular flexibility index (Phi) is 7.15. The van der Waals surface area contributed by atoms with Gasteiger partial charge >= 0.3 is 13.2 Å². The lowest BCUT2D eigenvalue weighted by molar-refractivity contribution is 0.00578. The Bertz CT molecular complexity index is 875. The Morgan fingerprint density at radius 3 is 2.24 bits per heavy atom. The number of hydrogen-bond acceptors (Lipinski definition) is 5. The number of piperidine rings is 1. The molecule has 0 bridgehead atoms. The largest absolute Gasteiger partial charge is 0.494 e. The van der Waals surface area contributed by atoms with Crippen LogP contribution < -0.4 is 10.8 Å². The standard InChI is InChI=1S/C24H36BFN2O5/c1-22(2,3)31-21(30)27-15-16-8-10-28(11-9-16)20(29)17-12-18(14-19(26)13-17)25-32-23(4,5)24(6,7)33-25/h12-14,16H,8-11,15H2,1-7H3,(H,27,30). The van der Waals surface area contributed by atoms with Crippen LogP contribution in [-0.2, 0) is 14.0 Å². The quantitative estimate of drug-likeness (QED) is 0.694. The molecule has 182 valence electrons. The monoisotopic (exact) mass is 462 g/mol. The molecule has 2 aliphatic rings. The van der Waals surface area contributed by atoms with Crippen LogP contribution >= 0.6 is 0 Å². The molecule has 3 rings (SSSR count). The van der Waals surface area contributed by atoms with Crippen molar-refractivity contribution in [1.29, 1.82) is 0 Å². The number of ether oxygens (including phenoxy) is 1. The van der Waals surface area contributed by atoms with E-state index >= 15 is 0 Å². The Hall–Kier alpha value is -2.13.